The van der Waals surface area contributed by atoms with E-state index in [1.165, 1.54) is 22.3 Å². The molecule has 0 spiro atoms. The number of hydrogen-bond donors (Lipinski definition) is 0. The molecule has 0 fully saturated rings. The molecule has 2 aromatic rings. The Morgan fingerprint density at radius 3 is 2.17 bits per heavy atom. The number of rotatable bonds is 3. The summed E-state index contributed by atoms with van der Waals surface area (Å²) in [7, 11) is 0. The van der Waals surface area contributed by atoms with Crippen LogP contribution in [-0.4, -0.2) is 0 Å². The maximum absolute atomic E-state index is 2.19. The summed E-state index contributed by atoms with van der Waals surface area (Å²) in [5.74, 6) is 0. The summed E-state index contributed by atoms with van der Waals surface area (Å²) in [6.07, 6.45) is 6.48. The lowest BCUT2D eigenvalue weighted by Crippen LogP contribution is -1.75. The molecule has 2 aromatic carbocycles. The molecule has 0 aliphatic heterocycles. The van der Waals surface area contributed by atoms with E-state index in [4.69, 9.17) is 0 Å². The van der Waals surface area contributed by atoms with Crippen LogP contribution in [0.5, 0.6) is 0 Å². The topological polar surface area (TPSA) is 0 Å². The third-order valence-electron chi connectivity index (χ3n) is 2.81. The van der Waals surface area contributed by atoms with E-state index < -0.39 is 0 Å². The van der Waals surface area contributed by atoms with Crippen molar-refractivity contribution < 1.29 is 0 Å². The number of benzene rings is 2. The maximum atomic E-state index is 2.19. The van der Waals surface area contributed by atoms with Crippen molar-refractivity contribution in [1.29, 1.82) is 0 Å². The quantitative estimate of drug-likeness (QED) is 0.647. The highest BCUT2D eigenvalue weighted by Crippen LogP contribution is 2.10. The minimum atomic E-state index is 1.24. The first-order chi connectivity index (χ1) is 8.74. The summed E-state index contributed by atoms with van der Waals surface area (Å²) in [6.45, 7) is 4.23. The van der Waals surface area contributed by atoms with Gasteiger partial charge < -0.3 is 0 Å². The van der Waals surface area contributed by atoms with Gasteiger partial charge in [-0.15, -0.1) is 0 Å². The molecular formula is C18H18. The van der Waals surface area contributed by atoms with E-state index in [-0.39, 0.29) is 0 Å². The second-order valence-corrected chi connectivity index (χ2v) is 4.54. The third kappa shape index (κ3) is 3.74. The normalized spacial score (nSPS) is 12.0. The van der Waals surface area contributed by atoms with Gasteiger partial charge in [0.05, 0.1) is 0 Å². The van der Waals surface area contributed by atoms with Crippen LogP contribution >= 0.6 is 0 Å². The standard InChI is InChI=1S/C18H18/c1-15-8-11-17(12-9-15)13-10-16(2)14-18-6-4-3-5-7-18/h3-14H,1-2H3/b13-10?,16-14+. The Bertz CT molecular complexity index is 542. The zero-order valence-electron chi connectivity index (χ0n) is 10.9. The smallest absolute Gasteiger partial charge is 0.0254 e. The van der Waals surface area contributed by atoms with Gasteiger partial charge in [-0.3, -0.25) is 0 Å². The summed E-state index contributed by atoms with van der Waals surface area (Å²) in [5, 5.41) is 0. The van der Waals surface area contributed by atoms with Crippen LogP contribution in [0.1, 0.15) is 23.6 Å². The van der Waals surface area contributed by atoms with Gasteiger partial charge in [-0.2, -0.15) is 0 Å². The van der Waals surface area contributed by atoms with Crippen LogP contribution in [0.3, 0.4) is 0 Å². The van der Waals surface area contributed by atoms with Crippen LogP contribution in [0.2, 0.25) is 0 Å². The lowest BCUT2D eigenvalue weighted by molar-refractivity contribution is 1.46. The van der Waals surface area contributed by atoms with E-state index in [9.17, 15) is 0 Å². The SMILES string of the molecule is C/C(C=Cc1ccc(C)cc1)=C\c1ccccc1. The Balaban J connectivity index is 2.09. The van der Waals surface area contributed by atoms with Crippen LogP contribution in [-0.2, 0) is 0 Å². The van der Waals surface area contributed by atoms with Crippen molar-refractivity contribution in [2.45, 2.75) is 13.8 Å². The lowest BCUT2D eigenvalue weighted by atomic mass is 10.1. The molecule has 0 unspecified atom stereocenters. The molecule has 0 heteroatoms. The van der Waals surface area contributed by atoms with Crippen molar-refractivity contribution in [3.05, 3.63) is 82.9 Å². The van der Waals surface area contributed by atoms with Gasteiger partial charge in [0.15, 0.2) is 0 Å². The molecule has 0 aliphatic rings. The second kappa shape index (κ2) is 6.02. The number of allylic oxidation sites excluding steroid dienone is 2. The van der Waals surface area contributed by atoms with Crippen LogP contribution in [0.4, 0.5) is 0 Å². The first kappa shape index (κ1) is 12.4. The molecule has 18 heavy (non-hydrogen) atoms. The summed E-state index contributed by atoms with van der Waals surface area (Å²) in [4.78, 5) is 0. The second-order valence-electron chi connectivity index (χ2n) is 4.54. The van der Waals surface area contributed by atoms with Gasteiger partial charge in [-0.05, 0) is 25.0 Å². The van der Waals surface area contributed by atoms with Gasteiger partial charge in [0.2, 0.25) is 0 Å². The predicted molar refractivity (Wildman–Crippen MR) is 80.3 cm³/mol. The zero-order valence-corrected chi connectivity index (χ0v) is 10.9. The monoisotopic (exact) mass is 234 g/mol. The molecule has 0 amide bonds. The fraction of sp³-hybridized carbons (Fsp3) is 0.111. The molecule has 0 radical (unpaired) electrons. The molecule has 0 atom stereocenters. The van der Waals surface area contributed by atoms with Crippen LogP contribution in [0, 0.1) is 6.92 Å². The molecule has 0 aromatic heterocycles. The molecule has 0 heterocycles. The van der Waals surface area contributed by atoms with Crippen LogP contribution in [0.15, 0.2) is 66.2 Å². The van der Waals surface area contributed by atoms with Crippen molar-refractivity contribution in [2.75, 3.05) is 0 Å². The van der Waals surface area contributed by atoms with Crippen molar-refractivity contribution in [3.63, 3.8) is 0 Å². The van der Waals surface area contributed by atoms with Gasteiger partial charge in [-0.1, -0.05) is 84.0 Å². The van der Waals surface area contributed by atoms with Crippen molar-refractivity contribution in [2.24, 2.45) is 0 Å². The first-order valence-corrected chi connectivity index (χ1v) is 6.22. The maximum Gasteiger partial charge on any atom is -0.0254 e. The summed E-state index contributed by atoms with van der Waals surface area (Å²) >= 11 is 0. The van der Waals surface area contributed by atoms with Crippen LogP contribution < -0.4 is 0 Å². The number of aryl methyl sites for hydroxylation is 1. The van der Waals surface area contributed by atoms with Gasteiger partial charge in [0.1, 0.15) is 0 Å². The summed E-state index contributed by atoms with van der Waals surface area (Å²) in [6, 6.07) is 18.9. The molecule has 90 valence electrons. The van der Waals surface area contributed by atoms with Gasteiger partial charge in [0.25, 0.3) is 0 Å². The highest BCUT2D eigenvalue weighted by atomic mass is 13.9. The Morgan fingerprint density at radius 1 is 0.833 bits per heavy atom. The largest absolute Gasteiger partial charge is 0.0622 e. The third-order valence-corrected chi connectivity index (χ3v) is 2.81. The molecule has 0 N–H and O–H groups in total. The zero-order chi connectivity index (χ0) is 12.8. The van der Waals surface area contributed by atoms with Crippen molar-refractivity contribution >= 4 is 12.2 Å². The molecular weight excluding hydrogens is 216 g/mol. The molecule has 2 rings (SSSR count). The molecule has 0 saturated heterocycles. The van der Waals surface area contributed by atoms with Crippen molar-refractivity contribution in [3.8, 4) is 0 Å². The predicted octanol–water partition coefficient (Wildman–Crippen LogP) is 5.11. The van der Waals surface area contributed by atoms with E-state index >= 15 is 0 Å². The molecule has 0 saturated carbocycles. The summed E-state index contributed by atoms with van der Waals surface area (Å²) < 4.78 is 0. The van der Waals surface area contributed by atoms with E-state index in [0.29, 0.717) is 0 Å². The van der Waals surface area contributed by atoms with Gasteiger partial charge >= 0.3 is 0 Å². The van der Waals surface area contributed by atoms with E-state index in [0.717, 1.165) is 0 Å². The lowest BCUT2D eigenvalue weighted by Gasteiger charge is -1.97. The van der Waals surface area contributed by atoms with Gasteiger partial charge in [0, 0.05) is 0 Å². The Morgan fingerprint density at radius 2 is 1.50 bits per heavy atom. The minimum Gasteiger partial charge on any atom is -0.0622 e. The average molecular weight is 234 g/mol. The first-order valence-electron chi connectivity index (χ1n) is 6.22. The fourth-order valence-corrected chi connectivity index (χ4v) is 1.77. The Hall–Kier alpha value is -2.08. The molecule has 0 aliphatic carbocycles. The highest BCUT2D eigenvalue weighted by Gasteiger charge is 1.88. The van der Waals surface area contributed by atoms with Crippen LogP contribution in [0.25, 0.3) is 12.2 Å². The number of hydrogen-bond acceptors (Lipinski definition) is 0. The van der Waals surface area contributed by atoms with Gasteiger partial charge in [-0.25, -0.2) is 0 Å². The Kier molecular flexibility index (Phi) is 4.14. The van der Waals surface area contributed by atoms with E-state index in [1.54, 1.807) is 0 Å². The minimum absolute atomic E-state index is 1.24. The average Bonchev–Trinajstić information content (AvgIpc) is 2.39. The highest BCUT2D eigenvalue weighted by molar-refractivity contribution is 5.60. The molecule has 0 bridgehead atoms. The molecule has 0 nitrogen and oxygen atoms in total. The van der Waals surface area contributed by atoms with E-state index in [1.807, 2.05) is 6.07 Å². The fourth-order valence-electron chi connectivity index (χ4n) is 1.77. The summed E-state index contributed by atoms with van der Waals surface area (Å²) in [5.41, 5.74) is 5.02. The van der Waals surface area contributed by atoms with Crippen molar-refractivity contribution in [1.82, 2.24) is 0 Å². The van der Waals surface area contributed by atoms with E-state index in [2.05, 4.69) is 80.6 Å². The Labute approximate surface area is 109 Å².